The Bertz CT molecular complexity index is 355. The van der Waals surface area contributed by atoms with Gasteiger partial charge in [0.2, 0.25) is 5.91 Å². The molecule has 18 heavy (non-hydrogen) atoms. The van der Waals surface area contributed by atoms with Crippen LogP contribution in [0.4, 0.5) is 0 Å². The zero-order valence-electron chi connectivity index (χ0n) is 10.6. The second-order valence-corrected chi connectivity index (χ2v) is 6.56. The first-order chi connectivity index (χ1) is 8.46. The molecule has 2 unspecified atom stereocenters. The predicted octanol–water partition coefficient (Wildman–Crippen LogP) is 1.02. The third-order valence-corrected chi connectivity index (χ3v) is 5.13. The lowest BCUT2D eigenvalue weighted by Gasteiger charge is -2.38. The molecule has 1 aliphatic heterocycles. The normalized spacial score (nSPS) is 31.3. The van der Waals surface area contributed by atoms with Gasteiger partial charge in [0.05, 0.1) is 10.9 Å². The standard InChI is InChI=1S/C12H20N2O3S/c1-8-14(9(7-18-8)10(15)16)11(17)12(13)5-3-2-4-6-12/h8-9H,2-7,13H2,1H3,(H,15,16). The van der Waals surface area contributed by atoms with Crippen molar-refractivity contribution in [1.82, 2.24) is 4.90 Å². The van der Waals surface area contributed by atoms with E-state index in [0.29, 0.717) is 18.6 Å². The molecule has 1 heterocycles. The van der Waals surface area contributed by atoms with Crippen LogP contribution in [0.5, 0.6) is 0 Å². The van der Waals surface area contributed by atoms with Gasteiger partial charge in [0.15, 0.2) is 0 Å². The van der Waals surface area contributed by atoms with Crippen molar-refractivity contribution >= 4 is 23.6 Å². The van der Waals surface area contributed by atoms with Gasteiger partial charge in [0.25, 0.3) is 0 Å². The van der Waals surface area contributed by atoms with Crippen LogP contribution in [0.3, 0.4) is 0 Å². The average Bonchev–Trinajstić information content (AvgIpc) is 2.71. The van der Waals surface area contributed by atoms with Crippen molar-refractivity contribution in [2.45, 2.75) is 56.0 Å². The van der Waals surface area contributed by atoms with E-state index < -0.39 is 17.6 Å². The number of carboxylic acid groups (broad SMARTS) is 1. The first kappa shape index (κ1) is 13.7. The van der Waals surface area contributed by atoms with Crippen LogP contribution in [0, 0.1) is 0 Å². The summed E-state index contributed by atoms with van der Waals surface area (Å²) in [7, 11) is 0. The van der Waals surface area contributed by atoms with Gasteiger partial charge < -0.3 is 15.7 Å². The SMILES string of the molecule is CC1SCC(C(=O)O)N1C(=O)C1(N)CCCCC1. The number of carbonyl (C=O) groups excluding carboxylic acids is 1. The highest BCUT2D eigenvalue weighted by Crippen LogP contribution is 2.34. The van der Waals surface area contributed by atoms with Gasteiger partial charge in [-0.3, -0.25) is 4.79 Å². The molecule has 2 atom stereocenters. The van der Waals surface area contributed by atoms with E-state index in [2.05, 4.69) is 0 Å². The highest BCUT2D eigenvalue weighted by Gasteiger charge is 2.46. The maximum atomic E-state index is 12.6. The maximum absolute atomic E-state index is 12.6. The maximum Gasteiger partial charge on any atom is 0.327 e. The lowest BCUT2D eigenvalue weighted by Crippen LogP contribution is -2.60. The molecular formula is C12H20N2O3S. The van der Waals surface area contributed by atoms with Gasteiger partial charge in [0, 0.05) is 5.75 Å². The molecule has 1 amide bonds. The molecule has 0 aromatic rings. The largest absolute Gasteiger partial charge is 0.480 e. The number of hydrogen-bond donors (Lipinski definition) is 2. The number of amides is 1. The summed E-state index contributed by atoms with van der Waals surface area (Å²) in [5.41, 5.74) is 5.37. The Hall–Kier alpha value is -0.750. The van der Waals surface area contributed by atoms with Crippen LogP contribution < -0.4 is 5.73 Å². The number of nitrogens with two attached hydrogens (primary N) is 1. The molecule has 102 valence electrons. The third-order valence-electron chi connectivity index (χ3n) is 3.91. The fraction of sp³-hybridized carbons (Fsp3) is 0.833. The molecular weight excluding hydrogens is 252 g/mol. The summed E-state index contributed by atoms with van der Waals surface area (Å²) in [6.45, 7) is 1.87. The molecule has 1 aliphatic carbocycles. The zero-order valence-corrected chi connectivity index (χ0v) is 11.4. The van der Waals surface area contributed by atoms with Crippen molar-refractivity contribution in [3.05, 3.63) is 0 Å². The summed E-state index contributed by atoms with van der Waals surface area (Å²) in [5.74, 6) is -0.648. The summed E-state index contributed by atoms with van der Waals surface area (Å²) >= 11 is 1.50. The highest BCUT2D eigenvalue weighted by molar-refractivity contribution is 8.00. The Morgan fingerprint density at radius 1 is 1.33 bits per heavy atom. The van der Waals surface area contributed by atoms with E-state index in [1.807, 2.05) is 6.92 Å². The molecule has 0 spiro atoms. The Kier molecular flexibility index (Phi) is 3.87. The van der Waals surface area contributed by atoms with Gasteiger partial charge in [-0.1, -0.05) is 19.3 Å². The van der Waals surface area contributed by atoms with E-state index in [1.165, 1.54) is 16.7 Å². The smallest absolute Gasteiger partial charge is 0.327 e. The Morgan fingerprint density at radius 3 is 2.50 bits per heavy atom. The number of nitrogens with zero attached hydrogens (tertiary/aromatic N) is 1. The molecule has 1 saturated carbocycles. The van der Waals surface area contributed by atoms with E-state index in [4.69, 9.17) is 5.73 Å². The van der Waals surface area contributed by atoms with E-state index in [0.717, 1.165) is 19.3 Å². The van der Waals surface area contributed by atoms with E-state index in [1.54, 1.807) is 0 Å². The fourth-order valence-corrected chi connectivity index (χ4v) is 3.96. The van der Waals surface area contributed by atoms with E-state index in [-0.39, 0.29) is 11.3 Å². The van der Waals surface area contributed by atoms with Crippen molar-refractivity contribution in [3.8, 4) is 0 Å². The van der Waals surface area contributed by atoms with Gasteiger partial charge in [-0.05, 0) is 19.8 Å². The number of carbonyl (C=O) groups is 2. The molecule has 5 nitrogen and oxygen atoms in total. The summed E-state index contributed by atoms with van der Waals surface area (Å²) in [6, 6.07) is -0.722. The van der Waals surface area contributed by atoms with Crippen LogP contribution in [0.2, 0.25) is 0 Å². The van der Waals surface area contributed by atoms with Gasteiger partial charge >= 0.3 is 5.97 Å². The van der Waals surface area contributed by atoms with Crippen molar-refractivity contribution < 1.29 is 14.7 Å². The Balaban J connectivity index is 2.17. The second kappa shape index (κ2) is 5.09. The Morgan fingerprint density at radius 2 is 1.94 bits per heavy atom. The molecule has 2 aliphatic rings. The van der Waals surface area contributed by atoms with Crippen LogP contribution in [-0.2, 0) is 9.59 Å². The number of hydrogen-bond acceptors (Lipinski definition) is 4. The van der Waals surface area contributed by atoms with Crippen LogP contribution in [-0.4, -0.2) is 44.6 Å². The second-order valence-electron chi connectivity index (χ2n) is 5.22. The van der Waals surface area contributed by atoms with Gasteiger partial charge in [-0.15, -0.1) is 11.8 Å². The predicted molar refractivity (Wildman–Crippen MR) is 70.2 cm³/mol. The van der Waals surface area contributed by atoms with Crippen molar-refractivity contribution in [2.75, 3.05) is 5.75 Å². The van der Waals surface area contributed by atoms with E-state index >= 15 is 0 Å². The number of thioether (sulfide) groups is 1. The average molecular weight is 272 g/mol. The quantitative estimate of drug-likeness (QED) is 0.784. The summed E-state index contributed by atoms with van der Waals surface area (Å²) in [6.07, 6.45) is 4.36. The highest BCUT2D eigenvalue weighted by atomic mass is 32.2. The number of rotatable bonds is 2. The van der Waals surface area contributed by atoms with Gasteiger partial charge in [-0.2, -0.15) is 0 Å². The number of carboxylic acids is 1. The van der Waals surface area contributed by atoms with Gasteiger partial charge in [0.1, 0.15) is 6.04 Å². The molecule has 0 radical (unpaired) electrons. The molecule has 0 aromatic heterocycles. The van der Waals surface area contributed by atoms with Crippen LogP contribution in [0.15, 0.2) is 0 Å². The molecule has 0 bridgehead atoms. The molecule has 1 saturated heterocycles. The minimum Gasteiger partial charge on any atom is -0.480 e. The zero-order chi connectivity index (χ0) is 13.3. The van der Waals surface area contributed by atoms with Crippen molar-refractivity contribution in [3.63, 3.8) is 0 Å². The molecule has 2 rings (SSSR count). The number of aliphatic carboxylic acids is 1. The van der Waals surface area contributed by atoms with Crippen LogP contribution >= 0.6 is 11.8 Å². The minimum atomic E-state index is -0.931. The topological polar surface area (TPSA) is 83.6 Å². The summed E-state index contributed by atoms with van der Waals surface area (Å²) in [5, 5.41) is 9.09. The monoisotopic (exact) mass is 272 g/mol. The first-order valence-corrected chi connectivity index (χ1v) is 7.47. The molecule has 3 N–H and O–H groups in total. The lowest BCUT2D eigenvalue weighted by atomic mass is 9.81. The Labute approximate surface area is 111 Å². The van der Waals surface area contributed by atoms with Crippen LogP contribution in [0.25, 0.3) is 0 Å². The molecule has 2 fully saturated rings. The molecule has 6 heteroatoms. The first-order valence-electron chi connectivity index (χ1n) is 6.42. The van der Waals surface area contributed by atoms with Crippen molar-refractivity contribution in [2.24, 2.45) is 5.73 Å². The van der Waals surface area contributed by atoms with E-state index in [9.17, 15) is 14.7 Å². The van der Waals surface area contributed by atoms with Crippen molar-refractivity contribution in [1.29, 1.82) is 0 Å². The summed E-state index contributed by atoms with van der Waals surface area (Å²) < 4.78 is 0. The minimum absolute atomic E-state index is 0.0963. The molecule has 0 aromatic carbocycles. The van der Waals surface area contributed by atoms with Crippen LogP contribution in [0.1, 0.15) is 39.0 Å². The van der Waals surface area contributed by atoms with Gasteiger partial charge in [-0.25, -0.2) is 4.79 Å². The lowest BCUT2D eigenvalue weighted by molar-refractivity contribution is -0.152. The fourth-order valence-electron chi connectivity index (χ4n) is 2.79. The summed E-state index contributed by atoms with van der Waals surface area (Å²) in [4.78, 5) is 25.3. The third kappa shape index (κ3) is 2.36.